The molecule has 5 nitrogen and oxygen atoms in total. The van der Waals surface area contributed by atoms with E-state index in [9.17, 15) is 4.57 Å². The maximum atomic E-state index is 12.0. The van der Waals surface area contributed by atoms with E-state index in [1.165, 1.54) is 4.68 Å². The van der Waals surface area contributed by atoms with Crippen LogP contribution in [-0.4, -0.2) is 23.0 Å². The molecule has 0 unspecified atom stereocenters. The predicted molar refractivity (Wildman–Crippen MR) is 51.9 cm³/mol. The van der Waals surface area contributed by atoms with Crippen LogP contribution in [0.2, 0.25) is 0 Å². The molecule has 1 heterocycles. The van der Waals surface area contributed by atoms with Crippen molar-refractivity contribution in [2.24, 2.45) is 0 Å². The van der Waals surface area contributed by atoms with Crippen molar-refractivity contribution >= 4 is 7.60 Å². The molecule has 0 amide bonds. The summed E-state index contributed by atoms with van der Waals surface area (Å²) in [5.41, 5.74) is 0. The van der Waals surface area contributed by atoms with Crippen molar-refractivity contribution in [2.75, 3.05) is 13.2 Å². The molecule has 6 heteroatoms. The summed E-state index contributed by atoms with van der Waals surface area (Å²) < 4.78 is 23.7. The van der Waals surface area contributed by atoms with Gasteiger partial charge in [0.1, 0.15) is 12.5 Å². The molecule has 0 fully saturated rings. The van der Waals surface area contributed by atoms with Gasteiger partial charge in [-0.1, -0.05) is 0 Å². The van der Waals surface area contributed by atoms with Crippen LogP contribution in [0, 0.1) is 6.20 Å². The first-order chi connectivity index (χ1) is 6.70. The Kier molecular flexibility index (Phi) is 4.32. The minimum Gasteiger partial charge on any atom is -0.308 e. The maximum absolute atomic E-state index is 12.0. The lowest BCUT2D eigenvalue weighted by atomic mass is 10.8. The lowest BCUT2D eigenvalue weighted by Crippen LogP contribution is -2.05. The summed E-state index contributed by atoms with van der Waals surface area (Å²) in [4.78, 5) is 0. The zero-order valence-corrected chi connectivity index (χ0v) is 9.24. The first-order valence-electron chi connectivity index (χ1n) is 4.48. The number of rotatable bonds is 6. The second kappa shape index (κ2) is 5.29. The Morgan fingerprint density at radius 1 is 1.43 bits per heavy atom. The minimum atomic E-state index is -3.03. The molecule has 0 N–H and O–H groups in total. The Bertz CT molecular complexity index is 290. The number of aromatic nitrogens is 2. The third kappa shape index (κ3) is 3.25. The fourth-order valence-electron chi connectivity index (χ4n) is 1.03. The molecule has 1 aromatic rings. The summed E-state index contributed by atoms with van der Waals surface area (Å²) in [7, 11) is -3.03. The van der Waals surface area contributed by atoms with Crippen LogP contribution >= 0.6 is 7.60 Å². The van der Waals surface area contributed by atoms with E-state index in [0.29, 0.717) is 13.2 Å². The number of hydrogen-bond acceptors (Lipinski definition) is 4. The van der Waals surface area contributed by atoms with Crippen LogP contribution in [0.1, 0.15) is 13.8 Å². The van der Waals surface area contributed by atoms with Crippen LogP contribution in [0.3, 0.4) is 0 Å². The summed E-state index contributed by atoms with van der Waals surface area (Å²) >= 11 is 0. The SMILES string of the molecule is CCOP(=O)(Cn1cc[c]n1)OCC. The largest absolute Gasteiger partial charge is 0.351 e. The van der Waals surface area contributed by atoms with Crippen molar-refractivity contribution in [3.05, 3.63) is 18.5 Å². The Morgan fingerprint density at radius 3 is 2.50 bits per heavy atom. The van der Waals surface area contributed by atoms with E-state index in [1.807, 2.05) is 0 Å². The van der Waals surface area contributed by atoms with Gasteiger partial charge in [-0.2, -0.15) is 5.10 Å². The smallest absolute Gasteiger partial charge is 0.308 e. The highest BCUT2D eigenvalue weighted by Gasteiger charge is 2.24. The Balaban J connectivity index is 2.64. The van der Waals surface area contributed by atoms with Crippen molar-refractivity contribution in [3.63, 3.8) is 0 Å². The molecule has 0 spiro atoms. The molecule has 1 aromatic heterocycles. The van der Waals surface area contributed by atoms with Crippen molar-refractivity contribution < 1.29 is 13.6 Å². The first kappa shape index (κ1) is 11.4. The minimum absolute atomic E-state index is 0.137. The Morgan fingerprint density at radius 2 is 2.07 bits per heavy atom. The summed E-state index contributed by atoms with van der Waals surface area (Å²) in [6.45, 7) is 4.28. The van der Waals surface area contributed by atoms with Crippen molar-refractivity contribution in [3.8, 4) is 0 Å². The molecule has 0 aliphatic carbocycles. The molecule has 14 heavy (non-hydrogen) atoms. The van der Waals surface area contributed by atoms with E-state index in [0.717, 1.165) is 0 Å². The van der Waals surface area contributed by atoms with Gasteiger partial charge in [0.25, 0.3) is 0 Å². The standard InChI is InChI=1S/C8H14N2O3P/c1-3-12-14(11,13-4-2)8-10-7-5-6-9-10/h5,7H,3-4,8H2,1-2H3. The normalized spacial score (nSPS) is 11.9. The van der Waals surface area contributed by atoms with Crippen LogP contribution in [-0.2, 0) is 19.9 Å². The first-order valence-corrected chi connectivity index (χ1v) is 6.20. The van der Waals surface area contributed by atoms with Gasteiger partial charge in [0.2, 0.25) is 0 Å². The molecule has 0 saturated heterocycles. The van der Waals surface area contributed by atoms with Gasteiger partial charge in [0.15, 0.2) is 0 Å². The van der Waals surface area contributed by atoms with Crippen LogP contribution in [0.25, 0.3) is 0 Å². The predicted octanol–water partition coefficient (Wildman–Crippen LogP) is 1.91. The van der Waals surface area contributed by atoms with E-state index in [1.54, 1.807) is 26.1 Å². The van der Waals surface area contributed by atoms with Crippen molar-refractivity contribution in [1.29, 1.82) is 0 Å². The second-order valence-electron chi connectivity index (χ2n) is 2.57. The van der Waals surface area contributed by atoms with Crippen LogP contribution in [0.4, 0.5) is 0 Å². The number of hydrogen-bond donors (Lipinski definition) is 0. The summed E-state index contributed by atoms with van der Waals surface area (Å²) in [6, 6.07) is 1.64. The van der Waals surface area contributed by atoms with Gasteiger partial charge in [-0.25, -0.2) is 0 Å². The zero-order chi connectivity index (χ0) is 10.4. The van der Waals surface area contributed by atoms with E-state index in [-0.39, 0.29) is 6.29 Å². The number of nitrogens with zero attached hydrogens (tertiary/aromatic N) is 2. The van der Waals surface area contributed by atoms with Gasteiger partial charge in [-0.15, -0.1) is 0 Å². The third-order valence-electron chi connectivity index (χ3n) is 1.48. The van der Waals surface area contributed by atoms with Crippen molar-refractivity contribution in [2.45, 2.75) is 20.1 Å². The Labute approximate surface area is 83.6 Å². The highest BCUT2D eigenvalue weighted by atomic mass is 31.2. The van der Waals surface area contributed by atoms with Crippen LogP contribution in [0.5, 0.6) is 0 Å². The molecular formula is C8H14N2O3P. The maximum Gasteiger partial charge on any atom is 0.351 e. The summed E-state index contributed by atoms with van der Waals surface area (Å²) in [5.74, 6) is 0. The lowest BCUT2D eigenvalue weighted by molar-refractivity contribution is 0.213. The molecule has 1 radical (unpaired) electrons. The third-order valence-corrected chi connectivity index (χ3v) is 3.42. The average Bonchev–Trinajstić information content (AvgIpc) is 2.57. The molecule has 0 aliphatic heterocycles. The molecule has 0 bridgehead atoms. The second-order valence-corrected chi connectivity index (χ2v) is 4.59. The fourth-order valence-corrected chi connectivity index (χ4v) is 2.57. The van der Waals surface area contributed by atoms with Crippen molar-refractivity contribution in [1.82, 2.24) is 9.78 Å². The van der Waals surface area contributed by atoms with Gasteiger partial charge < -0.3 is 9.05 Å². The molecular weight excluding hydrogens is 203 g/mol. The van der Waals surface area contributed by atoms with Crippen LogP contribution < -0.4 is 0 Å². The van der Waals surface area contributed by atoms with E-state index in [4.69, 9.17) is 9.05 Å². The highest BCUT2D eigenvalue weighted by Crippen LogP contribution is 2.49. The van der Waals surface area contributed by atoms with Gasteiger partial charge in [-0.3, -0.25) is 9.25 Å². The summed E-state index contributed by atoms with van der Waals surface area (Å²) in [5, 5.41) is 3.83. The van der Waals surface area contributed by atoms with Gasteiger partial charge in [0, 0.05) is 6.20 Å². The van der Waals surface area contributed by atoms with Gasteiger partial charge >= 0.3 is 7.60 Å². The van der Waals surface area contributed by atoms with E-state index >= 15 is 0 Å². The van der Waals surface area contributed by atoms with Gasteiger partial charge in [-0.05, 0) is 19.9 Å². The monoisotopic (exact) mass is 217 g/mol. The van der Waals surface area contributed by atoms with Crippen LogP contribution in [0.15, 0.2) is 12.3 Å². The molecule has 0 saturated carbocycles. The quantitative estimate of drug-likeness (QED) is 0.683. The van der Waals surface area contributed by atoms with Gasteiger partial charge in [0.05, 0.1) is 13.2 Å². The Hall–Kier alpha value is -0.640. The fraction of sp³-hybridized carbons (Fsp3) is 0.625. The molecule has 0 aromatic carbocycles. The van der Waals surface area contributed by atoms with E-state index < -0.39 is 7.60 Å². The zero-order valence-electron chi connectivity index (χ0n) is 8.34. The molecule has 1 rings (SSSR count). The topological polar surface area (TPSA) is 53.4 Å². The van der Waals surface area contributed by atoms with E-state index in [2.05, 4.69) is 11.3 Å². The highest BCUT2D eigenvalue weighted by molar-refractivity contribution is 7.52. The summed E-state index contributed by atoms with van der Waals surface area (Å²) in [6.07, 6.45) is 4.43. The lowest BCUT2D eigenvalue weighted by Gasteiger charge is -2.16. The molecule has 0 aliphatic rings. The average molecular weight is 217 g/mol. The molecule has 79 valence electrons. The molecule has 0 atom stereocenters.